The van der Waals surface area contributed by atoms with Gasteiger partial charge in [-0.15, -0.1) is 0 Å². The normalized spacial score (nSPS) is 9.71. The Kier molecular flexibility index (Phi) is 6.87. The molecular weight excluding hydrogens is 345 g/mol. The molecule has 0 unspecified atom stereocenters. The minimum Gasteiger partial charge on any atom is -0.462 e. The molecule has 0 aromatic heterocycles. The van der Waals surface area contributed by atoms with Crippen molar-refractivity contribution in [3.05, 3.63) is 40.3 Å². The predicted molar refractivity (Wildman–Crippen MR) is 79.1 cm³/mol. The molecule has 0 bridgehead atoms. The number of nitrogens with one attached hydrogen (secondary N) is 1. The Hall–Kier alpha value is -1.89. The first-order chi connectivity index (χ1) is 10.0. The van der Waals surface area contributed by atoms with Crippen LogP contribution < -0.4 is 5.32 Å². The first kappa shape index (κ1) is 17.2. The Morgan fingerprint density at radius 3 is 2.33 bits per heavy atom. The van der Waals surface area contributed by atoms with Crippen molar-refractivity contribution in [2.75, 3.05) is 18.5 Å². The summed E-state index contributed by atoms with van der Waals surface area (Å²) in [5.74, 6) is -2.21. The zero-order valence-corrected chi connectivity index (χ0v) is 13.2. The number of halogens is 2. The summed E-state index contributed by atoms with van der Waals surface area (Å²) >= 11 is 3.04. The van der Waals surface area contributed by atoms with Crippen LogP contribution in [0.3, 0.4) is 0 Å². The van der Waals surface area contributed by atoms with Crippen molar-refractivity contribution in [1.82, 2.24) is 0 Å². The van der Waals surface area contributed by atoms with Crippen LogP contribution in [0.15, 0.2) is 34.4 Å². The number of rotatable bonds is 6. The van der Waals surface area contributed by atoms with E-state index >= 15 is 0 Å². The molecule has 5 nitrogen and oxygen atoms in total. The quantitative estimate of drug-likeness (QED) is 0.366. The van der Waals surface area contributed by atoms with Crippen LogP contribution in [0.5, 0.6) is 0 Å². The molecule has 0 radical (unpaired) electrons. The number of benzene rings is 1. The number of hydrogen-bond acceptors (Lipinski definition) is 5. The first-order valence-corrected chi connectivity index (χ1v) is 7.05. The highest BCUT2D eigenvalue weighted by molar-refractivity contribution is 9.10. The fourth-order valence-corrected chi connectivity index (χ4v) is 1.75. The van der Waals surface area contributed by atoms with Crippen molar-refractivity contribution in [1.29, 1.82) is 0 Å². The standard InChI is InChI=1S/C14H15BrFNO4/c1-3-20-13(18)9(14(19)21-4-2)8-17-11-7-5-6-10(15)12(11)16/h5-8,17H,3-4H2,1-2H3. The maximum atomic E-state index is 13.8. The van der Waals surface area contributed by atoms with Crippen molar-refractivity contribution in [2.24, 2.45) is 0 Å². The van der Waals surface area contributed by atoms with Gasteiger partial charge >= 0.3 is 11.9 Å². The van der Waals surface area contributed by atoms with E-state index in [1.165, 1.54) is 12.1 Å². The predicted octanol–water partition coefficient (Wildman–Crippen LogP) is 3.01. The van der Waals surface area contributed by atoms with Crippen LogP contribution in [0, 0.1) is 5.82 Å². The molecule has 0 aliphatic carbocycles. The number of hydrogen-bond donors (Lipinski definition) is 1. The average molecular weight is 360 g/mol. The summed E-state index contributed by atoms with van der Waals surface area (Å²) in [5.41, 5.74) is -0.228. The van der Waals surface area contributed by atoms with E-state index in [1.807, 2.05) is 0 Å². The number of carbonyl (C=O) groups excluding carboxylic acids is 2. The SMILES string of the molecule is CCOC(=O)C(=CNc1cccc(Br)c1F)C(=O)OCC. The molecule has 0 saturated heterocycles. The van der Waals surface area contributed by atoms with E-state index < -0.39 is 17.8 Å². The summed E-state index contributed by atoms with van der Waals surface area (Å²) in [6.07, 6.45) is 1.07. The Balaban J connectivity index is 2.99. The summed E-state index contributed by atoms with van der Waals surface area (Å²) in [7, 11) is 0. The molecule has 0 aliphatic heterocycles. The van der Waals surface area contributed by atoms with Gasteiger partial charge in [-0.2, -0.15) is 0 Å². The first-order valence-electron chi connectivity index (χ1n) is 6.26. The zero-order chi connectivity index (χ0) is 15.8. The summed E-state index contributed by atoms with van der Waals surface area (Å²) in [6, 6.07) is 4.60. The lowest BCUT2D eigenvalue weighted by molar-refractivity contribution is -0.146. The van der Waals surface area contributed by atoms with E-state index in [0.29, 0.717) is 0 Å². The fraction of sp³-hybridized carbons (Fsp3) is 0.286. The molecule has 0 atom stereocenters. The van der Waals surface area contributed by atoms with Gasteiger partial charge in [-0.05, 0) is 41.9 Å². The van der Waals surface area contributed by atoms with E-state index in [4.69, 9.17) is 9.47 Å². The lowest BCUT2D eigenvalue weighted by Crippen LogP contribution is -2.19. The summed E-state index contributed by atoms with van der Waals surface area (Å²) < 4.78 is 23.6. The van der Waals surface area contributed by atoms with E-state index in [0.717, 1.165) is 6.20 Å². The average Bonchev–Trinajstić information content (AvgIpc) is 2.44. The Morgan fingerprint density at radius 1 is 1.24 bits per heavy atom. The molecule has 0 heterocycles. The molecule has 1 aromatic carbocycles. The number of esters is 2. The second-order valence-corrected chi connectivity index (χ2v) is 4.60. The van der Waals surface area contributed by atoms with Crippen LogP contribution >= 0.6 is 15.9 Å². The van der Waals surface area contributed by atoms with Gasteiger partial charge in [0.15, 0.2) is 11.4 Å². The van der Waals surface area contributed by atoms with Gasteiger partial charge in [0.25, 0.3) is 0 Å². The van der Waals surface area contributed by atoms with Crippen molar-refractivity contribution < 1.29 is 23.5 Å². The van der Waals surface area contributed by atoms with Crippen molar-refractivity contribution in [3.8, 4) is 0 Å². The Bertz CT molecular complexity index is 540. The third-order valence-corrected chi connectivity index (χ3v) is 2.93. The Morgan fingerprint density at radius 2 is 1.81 bits per heavy atom. The van der Waals surface area contributed by atoms with Crippen LogP contribution in [0.4, 0.5) is 10.1 Å². The van der Waals surface area contributed by atoms with E-state index in [2.05, 4.69) is 21.2 Å². The van der Waals surface area contributed by atoms with Crippen LogP contribution in [0.1, 0.15) is 13.8 Å². The lowest BCUT2D eigenvalue weighted by atomic mass is 10.2. The van der Waals surface area contributed by atoms with Gasteiger partial charge < -0.3 is 14.8 Å². The highest BCUT2D eigenvalue weighted by Gasteiger charge is 2.21. The van der Waals surface area contributed by atoms with Crippen LogP contribution in [0.25, 0.3) is 0 Å². The fourth-order valence-electron chi connectivity index (χ4n) is 1.38. The molecule has 0 amide bonds. The topological polar surface area (TPSA) is 64.6 Å². The molecular formula is C14H15BrFNO4. The second kappa shape index (κ2) is 8.41. The second-order valence-electron chi connectivity index (χ2n) is 3.74. The monoisotopic (exact) mass is 359 g/mol. The molecule has 1 N–H and O–H groups in total. The third-order valence-electron chi connectivity index (χ3n) is 2.31. The van der Waals surface area contributed by atoms with Gasteiger partial charge in [0.05, 0.1) is 23.4 Å². The minimum atomic E-state index is -0.834. The summed E-state index contributed by atoms with van der Waals surface area (Å²) in [5, 5.41) is 2.56. The van der Waals surface area contributed by atoms with Gasteiger partial charge in [0.2, 0.25) is 0 Å². The highest BCUT2D eigenvalue weighted by Crippen LogP contribution is 2.22. The molecule has 114 valence electrons. The van der Waals surface area contributed by atoms with E-state index in [9.17, 15) is 14.0 Å². The minimum absolute atomic E-state index is 0.107. The zero-order valence-electron chi connectivity index (χ0n) is 11.6. The van der Waals surface area contributed by atoms with Gasteiger partial charge in [-0.3, -0.25) is 0 Å². The molecule has 0 fully saturated rings. The smallest absolute Gasteiger partial charge is 0.347 e. The lowest BCUT2D eigenvalue weighted by Gasteiger charge is -2.08. The summed E-state index contributed by atoms with van der Waals surface area (Å²) in [4.78, 5) is 23.4. The largest absolute Gasteiger partial charge is 0.462 e. The maximum absolute atomic E-state index is 13.8. The number of anilines is 1. The molecule has 1 aromatic rings. The molecule has 7 heteroatoms. The van der Waals surface area contributed by atoms with Crippen LogP contribution in [-0.4, -0.2) is 25.2 Å². The van der Waals surface area contributed by atoms with Gasteiger partial charge in [-0.1, -0.05) is 6.07 Å². The van der Waals surface area contributed by atoms with Crippen molar-refractivity contribution in [2.45, 2.75) is 13.8 Å². The molecule has 0 spiro atoms. The van der Waals surface area contributed by atoms with Gasteiger partial charge in [0.1, 0.15) is 0 Å². The van der Waals surface area contributed by atoms with Crippen molar-refractivity contribution in [3.63, 3.8) is 0 Å². The summed E-state index contributed by atoms with van der Waals surface area (Å²) in [6.45, 7) is 3.45. The number of ether oxygens (including phenoxy) is 2. The molecule has 1 rings (SSSR count). The highest BCUT2D eigenvalue weighted by atomic mass is 79.9. The van der Waals surface area contributed by atoms with E-state index in [1.54, 1.807) is 19.9 Å². The Labute approximate surface area is 130 Å². The van der Waals surface area contributed by atoms with Crippen molar-refractivity contribution >= 4 is 33.6 Å². The van der Waals surface area contributed by atoms with Crippen LogP contribution in [-0.2, 0) is 19.1 Å². The number of carbonyl (C=O) groups is 2. The molecule has 21 heavy (non-hydrogen) atoms. The van der Waals surface area contributed by atoms with Crippen LogP contribution in [0.2, 0.25) is 0 Å². The van der Waals surface area contributed by atoms with E-state index in [-0.39, 0.29) is 28.9 Å². The van der Waals surface area contributed by atoms with Gasteiger partial charge in [0, 0.05) is 6.20 Å². The maximum Gasteiger partial charge on any atom is 0.347 e. The molecule has 0 aliphatic rings. The molecule has 0 saturated carbocycles. The third kappa shape index (κ3) is 4.86. The van der Waals surface area contributed by atoms with Gasteiger partial charge in [-0.25, -0.2) is 14.0 Å².